The summed E-state index contributed by atoms with van der Waals surface area (Å²) in [6.07, 6.45) is 3.96. The molecular formula is C11H16N2O. The molecule has 2 N–H and O–H groups in total. The van der Waals surface area contributed by atoms with Crippen molar-refractivity contribution in [1.29, 1.82) is 0 Å². The van der Waals surface area contributed by atoms with Gasteiger partial charge in [-0.1, -0.05) is 6.07 Å². The predicted molar refractivity (Wildman–Crippen MR) is 56.2 cm³/mol. The van der Waals surface area contributed by atoms with E-state index in [2.05, 4.69) is 0 Å². The molecule has 1 heterocycles. The molecule has 76 valence electrons. The van der Waals surface area contributed by atoms with Crippen molar-refractivity contribution in [2.45, 2.75) is 38.3 Å². The smallest absolute Gasteiger partial charge is 0.250 e. The quantitative estimate of drug-likeness (QED) is 0.769. The number of aromatic nitrogens is 1. The Hall–Kier alpha value is -1.09. The van der Waals surface area contributed by atoms with Gasteiger partial charge >= 0.3 is 0 Å². The van der Waals surface area contributed by atoms with Crippen LogP contribution in [0.4, 0.5) is 0 Å². The van der Waals surface area contributed by atoms with Gasteiger partial charge in [-0.25, -0.2) is 0 Å². The fraction of sp³-hybridized carbons (Fsp3) is 0.545. The van der Waals surface area contributed by atoms with E-state index in [1.165, 1.54) is 0 Å². The highest BCUT2D eigenvalue weighted by Gasteiger charge is 2.40. The van der Waals surface area contributed by atoms with Crippen molar-refractivity contribution >= 4 is 0 Å². The Balaban J connectivity index is 2.46. The summed E-state index contributed by atoms with van der Waals surface area (Å²) in [5.74, 6) is 0. The van der Waals surface area contributed by atoms with E-state index in [-0.39, 0.29) is 17.1 Å². The van der Waals surface area contributed by atoms with E-state index in [9.17, 15) is 4.79 Å². The van der Waals surface area contributed by atoms with Crippen LogP contribution in [-0.4, -0.2) is 4.57 Å². The number of hydrogen-bond donors (Lipinski definition) is 1. The summed E-state index contributed by atoms with van der Waals surface area (Å²) in [7, 11) is 0. The molecule has 1 fully saturated rings. The van der Waals surface area contributed by atoms with Crippen LogP contribution in [0.25, 0.3) is 0 Å². The molecule has 0 aliphatic heterocycles. The van der Waals surface area contributed by atoms with Gasteiger partial charge in [-0.15, -0.1) is 0 Å². The average Bonchev–Trinajstić information content (AvgIpc) is 2.85. The largest absolute Gasteiger partial charge is 0.321 e. The van der Waals surface area contributed by atoms with E-state index in [1.54, 1.807) is 10.6 Å². The van der Waals surface area contributed by atoms with Gasteiger partial charge in [-0.2, -0.15) is 0 Å². The van der Waals surface area contributed by atoms with Crippen LogP contribution in [0.15, 0.2) is 23.1 Å². The van der Waals surface area contributed by atoms with Crippen LogP contribution in [0, 0.1) is 0 Å². The Labute approximate surface area is 83.5 Å². The molecule has 1 aliphatic carbocycles. The van der Waals surface area contributed by atoms with Crippen molar-refractivity contribution in [2.75, 3.05) is 0 Å². The molecule has 1 saturated carbocycles. The summed E-state index contributed by atoms with van der Waals surface area (Å²) >= 11 is 0. The second-order valence-electron chi connectivity index (χ2n) is 4.41. The van der Waals surface area contributed by atoms with Gasteiger partial charge < -0.3 is 10.3 Å². The maximum atomic E-state index is 11.5. The second kappa shape index (κ2) is 2.95. The molecule has 0 amide bonds. The lowest BCUT2D eigenvalue weighted by atomic mass is 10.1. The van der Waals surface area contributed by atoms with E-state index in [4.69, 9.17) is 5.73 Å². The molecule has 0 atom stereocenters. The van der Waals surface area contributed by atoms with Crippen molar-refractivity contribution in [3.05, 3.63) is 34.2 Å². The Morgan fingerprint density at radius 3 is 2.57 bits per heavy atom. The van der Waals surface area contributed by atoms with Crippen molar-refractivity contribution in [3.63, 3.8) is 0 Å². The van der Waals surface area contributed by atoms with Gasteiger partial charge in [0.25, 0.3) is 5.56 Å². The first-order chi connectivity index (χ1) is 6.53. The normalized spacial score (nSPS) is 18.6. The van der Waals surface area contributed by atoms with Gasteiger partial charge in [0.05, 0.1) is 0 Å². The molecule has 0 unspecified atom stereocenters. The molecule has 1 aromatic heterocycles. The maximum absolute atomic E-state index is 11.5. The fourth-order valence-electron chi connectivity index (χ4n) is 1.63. The molecule has 0 spiro atoms. The van der Waals surface area contributed by atoms with E-state index >= 15 is 0 Å². The van der Waals surface area contributed by atoms with Gasteiger partial charge in [0.2, 0.25) is 0 Å². The third-order valence-electron chi connectivity index (χ3n) is 2.86. The van der Waals surface area contributed by atoms with Gasteiger partial charge in [-0.3, -0.25) is 4.79 Å². The summed E-state index contributed by atoms with van der Waals surface area (Å²) in [6.45, 7) is 4.00. The summed E-state index contributed by atoms with van der Waals surface area (Å²) in [4.78, 5) is 11.5. The van der Waals surface area contributed by atoms with Crippen molar-refractivity contribution in [1.82, 2.24) is 4.57 Å². The SMILES string of the molecule is CC(C)n1cc(C2(N)CC2)ccc1=O. The van der Waals surface area contributed by atoms with Gasteiger partial charge in [-0.05, 0) is 32.3 Å². The van der Waals surface area contributed by atoms with E-state index in [0.29, 0.717) is 0 Å². The number of rotatable bonds is 2. The Bertz CT molecular complexity index is 402. The standard InChI is InChI=1S/C11H16N2O/c1-8(2)13-7-9(3-4-10(13)14)11(12)5-6-11/h3-4,7-8H,5-6,12H2,1-2H3. The molecular weight excluding hydrogens is 176 g/mol. The molecule has 1 aromatic rings. The number of nitrogens with two attached hydrogens (primary N) is 1. The molecule has 0 aromatic carbocycles. The van der Waals surface area contributed by atoms with Crippen LogP contribution in [0.5, 0.6) is 0 Å². The fourth-order valence-corrected chi connectivity index (χ4v) is 1.63. The third kappa shape index (κ3) is 1.48. The van der Waals surface area contributed by atoms with Gasteiger partial charge in [0, 0.05) is 23.8 Å². The second-order valence-corrected chi connectivity index (χ2v) is 4.41. The summed E-state index contributed by atoms with van der Waals surface area (Å²) < 4.78 is 1.74. The molecule has 3 heteroatoms. The number of hydrogen-bond acceptors (Lipinski definition) is 2. The number of pyridine rings is 1. The monoisotopic (exact) mass is 192 g/mol. The lowest BCUT2D eigenvalue weighted by Gasteiger charge is -2.14. The minimum Gasteiger partial charge on any atom is -0.321 e. The zero-order valence-electron chi connectivity index (χ0n) is 8.66. The van der Waals surface area contributed by atoms with Crippen LogP contribution >= 0.6 is 0 Å². The van der Waals surface area contributed by atoms with Crippen LogP contribution in [-0.2, 0) is 5.54 Å². The third-order valence-corrected chi connectivity index (χ3v) is 2.86. The van der Waals surface area contributed by atoms with E-state index in [1.807, 2.05) is 26.1 Å². The highest BCUT2D eigenvalue weighted by molar-refractivity contribution is 5.26. The van der Waals surface area contributed by atoms with Crippen molar-refractivity contribution in [3.8, 4) is 0 Å². The Kier molecular flexibility index (Phi) is 2.00. The van der Waals surface area contributed by atoms with E-state index in [0.717, 1.165) is 18.4 Å². The van der Waals surface area contributed by atoms with Crippen LogP contribution in [0.3, 0.4) is 0 Å². The van der Waals surface area contributed by atoms with Crippen molar-refractivity contribution in [2.24, 2.45) is 5.73 Å². The molecule has 0 bridgehead atoms. The molecule has 0 saturated heterocycles. The molecule has 2 rings (SSSR count). The lowest BCUT2D eigenvalue weighted by molar-refractivity contribution is 0.566. The topological polar surface area (TPSA) is 48.0 Å². The zero-order valence-corrected chi connectivity index (χ0v) is 8.66. The highest BCUT2D eigenvalue weighted by atomic mass is 16.1. The molecule has 1 aliphatic rings. The maximum Gasteiger partial charge on any atom is 0.250 e. The summed E-state index contributed by atoms with van der Waals surface area (Å²) in [6, 6.07) is 3.67. The van der Waals surface area contributed by atoms with Gasteiger partial charge in [0.1, 0.15) is 0 Å². The van der Waals surface area contributed by atoms with Gasteiger partial charge in [0.15, 0.2) is 0 Å². The van der Waals surface area contributed by atoms with Crippen molar-refractivity contribution < 1.29 is 0 Å². The summed E-state index contributed by atoms with van der Waals surface area (Å²) in [5.41, 5.74) is 7.06. The first-order valence-corrected chi connectivity index (χ1v) is 5.04. The molecule has 3 nitrogen and oxygen atoms in total. The summed E-state index contributed by atoms with van der Waals surface area (Å²) in [5, 5.41) is 0. The minimum absolute atomic E-state index is 0.0491. The average molecular weight is 192 g/mol. The Morgan fingerprint density at radius 2 is 2.07 bits per heavy atom. The minimum atomic E-state index is -0.148. The molecule has 14 heavy (non-hydrogen) atoms. The van der Waals surface area contributed by atoms with Crippen LogP contribution < -0.4 is 11.3 Å². The predicted octanol–water partition coefficient (Wildman–Crippen LogP) is 1.38. The van der Waals surface area contributed by atoms with Crippen LogP contribution in [0.1, 0.15) is 38.3 Å². The lowest BCUT2D eigenvalue weighted by Crippen LogP contribution is -2.25. The molecule has 0 radical (unpaired) electrons. The Morgan fingerprint density at radius 1 is 1.43 bits per heavy atom. The van der Waals surface area contributed by atoms with E-state index < -0.39 is 0 Å². The zero-order chi connectivity index (χ0) is 10.3. The number of nitrogens with zero attached hydrogens (tertiary/aromatic N) is 1. The highest BCUT2D eigenvalue weighted by Crippen LogP contribution is 2.42. The van der Waals surface area contributed by atoms with Crippen LogP contribution in [0.2, 0.25) is 0 Å². The first kappa shape index (κ1) is 9.46. The first-order valence-electron chi connectivity index (χ1n) is 5.04.